The number of aromatic amines is 1. The van der Waals surface area contributed by atoms with Crippen LogP contribution in [0, 0.1) is 0 Å². The Labute approximate surface area is 63.9 Å². The van der Waals surface area contributed by atoms with Gasteiger partial charge in [0.2, 0.25) is 0 Å². The van der Waals surface area contributed by atoms with Crippen molar-refractivity contribution in [2.75, 3.05) is 0 Å². The highest BCUT2D eigenvalue weighted by Gasteiger charge is 2.19. The highest BCUT2D eigenvalue weighted by molar-refractivity contribution is 5.11. The first-order valence-electron chi connectivity index (χ1n) is 3.27. The Kier molecular flexibility index (Phi) is 1.78. The van der Waals surface area contributed by atoms with Crippen molar-refractivity contribution >= 4 is 0 Å². The predicted molar refractivity (Wildman–Crippen MR) is 40.1 cm³/mol. The first-order chi connectivity index (χ1) is 5.02. The number of H-pyrrole nitrogens is 1. The lowest BCUT2D eigenvalue weighted by Gasteiger charge is -2.14. The topological polar surface area (TPSA) is 66.0 Å². The molecule has 0 unspecified atom stereocenters. The van der Waals surface area contributed by atoms with Gasteiger partial charge in [-0.1, -0.05) is 0 Å². The van der Waals surface area contributed by atoms with Gasteiger partial charge in [-0.15, -0.1) is 0 Å². The number of aromatic nitrogens is 2. The summed E-state index contributed by atoms with van der Waals surface area (Å²) in [6.07, 6.45) is 2.65. The van der Waals surface area contributed by atoms with Gasteiger partial charge in [0.1, 0.15) is 0 Å². The molecule has 2 N–H and O–H groups in total. The number of hydrogen-bond acceptors (Lipinski definition) is 3. The number of hydrogen-bond donors (Lipinski definition) is 2. The molecule has 4 heteroatoms. The van der Waals surface area contributed by atoms with Crippen molar-refractivity contribution < 1.29 is 5.11 Å². The van der Waals surface area contributed by atoms with E-state index in [1.165, 1.54) is 12.5 Å². The third-order valence-electron chi connectivity index (χ3n) is 1.38. The van der Waals surface area contributed by atoms with E-state index >= 15 is 0 Å². The Bertz CT molecular complexity index is 298. The monoisotopic (exact) mass is 154 g/mol. The molecule has 0 aliphatic carbocycles. The summed E-state index contributed by atoms with van der Waals surface area (Å²) in [5, 5.41) is 9.41. The third-order valence-corrected chi connectivity index (χ3v) is 1.38. The van der Waals surface area contributed by atoms with Gasteiger partial charge in [0.15, 0.2) is 0 Å². The van der Waals surface area contributed by atoms with E-state index < -0.39 is 5.60 Å². The van der Waals surface area contributed by atoms with Crippen LogP contribution in [0.4, 0.5) is 0 Å². The minimum Gasteiger partial charge on any atom is -0.385 e. The molecule has 1 heterocycles. The van der Waals surface area contributed by atoms with Crippen LogP contribution in [-0.2, 0) is 5.60 Å². The van der Waals surface area contributed by atoms with Gasteiger partial charge >= 0.3 is 0 Å². The Balaban J connectivity index is 3.26. The summed E-state index contributed by atoms with van der Waals surface area (Å²) in [6.45, 7) is 3.08. The molecule has 0 spiro atoms. The normalized spacial score (nSPS) is 11.5. The molecule has 0 amide bonds. The van der Waals surface area contributed by atoms with Crippen molar-refractivity contribution in [3.63, 3.8) is 0 Å². The molecule has 0 aliphatic heterocycles. The zero-order chi connectivity index (χ0) is 8.48. The lowest BCUT2D eigenvalue weighted by molar-refractivity contribution is 0.0766. The summed E-state index contributed by atoms with van der Waals surface area (Å²) >= 11 is 0. The minimum atomic E-state index is -1.12. The lowest BCUT2D eigenvalue weighted by atomic mass is 10.0. The number of nitrogens with zero attached hydrogens (tertiary/aromatic N) is 1. The summed E-state index contributed by atoms with van der Waals surface area (Å²) in [6, 6.07) is 0. The van der Waals surface area contributed by atoms with Gasteiger partial charge in [-0.2, -0.15) is 0 Å². The lowest BCUT2D eigenvalue weighted by Crippen LogP contribution is -2.26. The fraction of sp³-hybridized carbons (Fsp3) is 0.429. The number of rotatable bonds is 1. The maximum Gasteiger partial charge on any atom is 0.256 e. The fourth-order valence-electron chi connectivity index (χ4n) is 0.780. The molecule has 0 atom stereocenters. The quantitative estimate of drug-likeness (QED) is 0.598. The largest absolute Gasteiger partial charge is 0.385 e. The fourth-order valence-corrected chi connectivity index (χ4v) is 0.780. The van der Waals surface area contributed by atoms with E-state index in [0.29, 0.717) is 0 Å². The van der Waals surface area contributed by atoms with Crippen molar-refractivity contribution in [1.82, 2.24) is 9.97 Å². The van der Waals surface area contributed by atoms with E-state index in [-0.39, 0.29) is 11.1 Å². The van der Waals surface area contributed by atoms with Gasteiger partial charge in [-0.05, 0) is 13.8 Å². The first kappa shape index (κ1) is 7.94. The van der Waals surface area contributed by atoms with Gasteiger partial charge in [0, 0.05) is 6.20 Å². The summed E-state index contributed by atoms with van der Waals surface area (Å²) in [5.74, 6) is 0. The van der Waals surface area contributed by atoms with E-state index in [2.05, 4.69) is 9.97 Å². The molecule has 0 saturated heterocycles. The molecule has 0 aliphatic rings. The molecule has 0 radical (unpaired) electrons. The zero-order valence-corrected chi connectivity index (χ0v) is 6.46. The molecule has 1 aromatic heterocycles. The summed E-state index contributed by atoms with van der Waals surface area (Å²) in [4.78, 5) is 17.1. The number of nitrogens with one attached hydrogen (secondary N) is 1. The number of aliphatic hydroxyl groups is 1. The highest BCUT2D eigenvalue weighted by Crippen LogP contribution is 2.12. The maximum absolute atomic E-state index is 11.0. The third kappa shape index (κ3) is 1.65. The summed E-state index contributed by atoms with van der Waals surface area (Å²) < 4.78 is 0. The van der Waals surface area contributed by atoms with Crippen LogP contribution in [0.25, 0.3) is 0 Å². The van der Waals surface area contributed by atoms with E-state index in [0.717, 1.165) is 0 Å². The van der Waals surface area contributed by atoms with Crippen LogP contribution in [0.3, 0.4) is 0 Å². The molecule has 60 valence electrons. The van der Waals surface area contributed by atoms with Gasteiger partial charge in [0.05, 0.1) is 17.5 Å². The highest BCUT2D eigenvalue weighted by atomic mass is 16.3. The van der Waals surface area contributed by atoms with Crippen LogP contribution in [0.1, 0.15) is 19.4 Å². The van der Waals surface area contributed by atoms with E-state index in [9.17, 15) is 9.90 Å². The summed E-state index contributed by atoms with van der Waals surface area (Å²) in [7, 11) is 0. The molecule has 11 heavy (non-hydrogen) atoms. The predicted octanol–water partition coefficient (Wildman–Crippen LogP) is -0.00270. The second-order valence-corrected chi connectivity index (χ2v) is 2.85. The zero-order valence-electron chi connectivity index (χ0n) is 6.46. The van der Waals surface area contributed by atoms with Crippen molar-refractivity contribution in [2.45, 2.75) is 19.4 Å². The second kappa shape index (κ2) is 2.47. The molecule has 1 rings (SSSR count). The van der Waals surface area contributed by atoms with Gasteiger partial charge < -0.3 is 10.1 Å². The van der Waals surface area contributed by atoms with Gasteiger partial charge in [-0.25, -0.2) is 4.98 Å². The van der Waals surface area contributed by atoms with E-state index in [1.54, 1.807) is 13.8 Å². The Morgan fingerprint density at radius 2 is 2.27 bits per heavy atom. The van der Waals surface area contributed by atoms with Crippen LogP contribution in [-0.4, -0.2) is 15.1 Å². The molecular formula is C7H10N2O2. The van der Waals surface area contributed by atoms with Crippen LogP contribution < -0.4 is 5.56 Å². The van der Waals surface area contributed by atoms with Crippen LogP contribution >= 0.6 is 0 Å². The molecule has 0 fully saturated rings. The van der Waals surface area contributed by atoms with E-state index in [1.807, 2.05) is 0 Å². The van der Waals surface area contributed by atoms with Crippen molar-refractivity contribution in [2.24, 2.45) is 0 Å². The first-order valence-corrected chi connectivity index (χ1v) is 3.27. The average Bonchev–Trinajstić information content (AvgIpc) is 1.86. The van der Waals surface area contributed by atoms with Crippen molar-refractivity contribution in [1.29, 1.82) is 0 Å². The Morgan fingerprint density at radius 1 is 1.64 bits per heavy atom. The molecule has 0 saturated carbocycles. The van der Waals surface area contributed by atoms with Gasteiger partial charge in [0.25, 0.3) is 5.56 Å². The molecule has 0 aromatic carbocycles. The Hall–Kier alpha value is -1.16. The Morgan fingerprint density at radius 3 is 2.64 bits per heavy atom. The van der Waals surface area contributed by atoms with Crippen molar-refractivity contribution in [3.05, 3.63) is 28.4 Å². The van der Waals surface area contributed by atoms with Crippen LogP contribution in [0.15, 0.2) is 17.3 Å². The average molecular weight is 154 g/mol. The molecular weight excluding hydrogens is 144 g/mol. The molecule has 1 aromatic rings. The van der Waals surface area contributed by atoms with Crippen LogP contribution in [0.5, 0.6) is 0 Å². The standard InChI is InChI=1S/C7H10N2O2/c1-7(2,11)5-3-8-4-9-6(5)10/h3-4,11H,1-2H3,(H,8,9,10). The smallest absolute Gasteiger partial charge is 0.256 e. The second-order valence-electron chi connectivity index (χ2n) is 2.85. The van der Waals surface area contributed by atoms with Crippen molar-refractivity contribution in [3.8, 4) is 0 Å². The summed E-state index contributed by atoms with van der Waals surface area (Å²) in [5.41, 5.74) is -1.14. The van der Waals surface area contributed by atoms with Crippen LogP contribution in [0.2, 0.25) is 0 Å². The molecule has 0 bridgehead atoms. The van der Waals surface area contributed by atoms with Gasteiger partial charge in [-0.3, -0.25) is 4.79 Å². The maximum atomic E-state index is 11.0. The molecule has 4 nitrogen and oxygen atoms in total. The minimum absolute atomic E-state index is 0.278. The SMILES string of the molecule is CC(C)(O)c1cnc[nH]c1=O. The van der Waals surface area contributed by atoms with E-state index in [4.69, 9.17) is 0 Å².